The van der Waals surface area contributed by atoms with Gasteiger partial charge in [-0.05, 0) is 13.8 Å². The Morgan fingerprint density at radius 1 is 1.44 bits per heavy atom. The highest BCUT2D eigenvalue weighted by Crippen LogP contribution is 2.24. The van der Waals surface area contributed by atoms with Crippen LogP contribution in [0.2, 0.25) is 5.02 Å². The van der Waals surface area contributed by atoms with Crippen molar-refractivity contribution in [2.24, 2.45) is 12.8 Å². The van der Waals surface area contributed by atoms with E-state index in [1.54, 1.807) is 17.9 Å². The standard InChI is InChI=1S/C10H18ClN3O2/c1-4-15-10(16-5-2)8(12)9-7(11)6-13-14(9)3/h6,8,10H,4-5,12H2,1-3H3. The molecule has 2 N–H and O–H groups in total. The maximum Gasteiger partial charge on any atom is 0.178 e. The molecule has 1 aromatic rings. The normalized spacial score (nSPS) is 13.4. The molecule has 0 aromatic carbocycles. The van der Waals surface area contributed by atoms with Gasteiger partial charge in [0.05, 0.1) is 23.0 Å². The molecule has 1 unspecified atom stereocenters. The van der Waals surface area contributed by atoms with Crippen molar-refractivity contribution in [2.45, 2.75) is 26.2 Å². The lowest BCUT2D eigenvalue weighted by molar-refractivity contribution is -0.150. The zero-order valence-corrected chi connectivity index (χ0v) is 10.6. The molecule has 1 heterocycles. The Morgan fingerprint density at radius 3 is 2.38 bits per heavy atom. The van der Waals surface area contributed by atoms with Crippen LogP contribution in [0.1, 0.15) is 25.6 Å². The first-order valence-electron chi connectivity index (χ1n) is 5.27. The minimum Gasteiger partial charge on any atom is -0.351 e. The number of aryl methyl sites for hydroxylation is 1. The lowest BCUT2D eigenvalue weighted by atomic mass is 10.2. The van der Waals surface area contributed by atoms with Gasteiger partial charge in [0.1, 0.15) is 0 Å². The van der Waals surface area contributed by atoms with E-state index in [1.165, 1.54) is 0 Å². The first-order valence-corrected chi connectivity index (χ1v) is 5.65. The zero-order valence-electron chi connectivity index (χ0n) is 9.81. The van der Waals surface area contributed by atoms with E-state index in [1.807, 2.05) is 13.8 Å². The van der Waals surface area contributed by atoms with Gasteiger partial charge in [0.15, 0.2) is 6.29 Å². The molecule has 1 aromatic heterocycles. The summed E-state index contributed by atoms with van der Waals surface area (Å²) in [5.74, 6) is 0. The second-order valence-electron chi connectivity index (χ2n) is 3.31. The Kier molecular flexibility index (Phi) is 5.21. The molecule has 0 bridgehead atoms. The van der Waals surface area contributed by atoms with Crippen LogP contribution in [0, 0.1) is 0 Å². The van der Waals surface area contributed by atoms with E-state index in [9.17, 15) is 0 Å². The molecule has 0 aliphatic rings. The van der Waals surface area contributed by atoms with E-state index in [4.69, 9.17) is 26.8 Å². The predicted octanol–water partition coefficient (Wildman–Crippen LogP) is 1.47. The summed E-state index contributed by atoms with van der Waals surface area (Å²) in [5, 5.41) is 4.56. The van der Waals surface area contributed by atoms with Crippen molar-refractivity contribution < 1.29 is 9.47 Å². The highest BCUT2D eigenvalue weighted by Gasteiger charge is 2.25. The van der Waals surface area contributed by atoms with Crippen molar-refractivity contribution in [3.63, 3.8) is 0 Å². The summed E-state index contributed by atoms with van der Waals surface area (Å²) in [5.41, 5.74) is 6.78. The number of halogens is 1. The third-order valence-electron chi connectivity index (χ3n) is 2.21. The molecule has 0 fully saturated rings. The largest absolute Gasteiger partial charge is 0.351 e. The Morgan fingerprint density at radius 2 is 2.00 bits per heavy atom. The van der Waals surface area contributed by atoms with Gasteiger partial charge >= 0.3 is 0 Å². The van der Waals surface area contributed by atoms with Gasteiger partial charge in [-0.1, -0.05) is 11.6 Å². The monoisotopic (exact) mass is 247 g/mol. The molecule has 1 rings (SSSR count). The van der Waals surface area contributed by atoms with E-state index in [2.05, 4.69) is 5.10 Å². The molecule has 0 saturated carbocycles. The Labute approximate surface area is 100 Å². The summed E-state index contributed by atoms with van der Waals surface area (Å²) in [6.07, 6.45) is 1.06. The van der Waals surface area contributed by atoms with Crippen molar-refractivity contribution in [2.75, 3.05) is 13.2 Å². The van der Waals surface area contributed by atoms with Gasteiger partial charge in [-0.2, -0.15) is 5.10 Å². The molecular weight excluding hydrogens is 230 g/mol. The van der Waals surface area contributed by atoms with Gasteiger partial charge in [0.2, 0.25) is 0 Å². The molecule has 0 saturated heterocycles. The van der Waals surface area contributed by atoms with Crippen LogP contribution in [0.25, 0.3) is 0 Å². The molecule has 0 spiro atoms. The number of hydrogen-bond acceptors (Lipinski definition) is 4. The Bertz CT molecular complexity index is 304. The number of aromatic nitrogens is 2. The number of rotatable bonds is 6. The Hall–Kier alpha value is -0.620. The molecule has 0 aliphatic heterocycles. The maximum atomic E-state index is 6.06. The first kappa shape index (κ1) is 13.4. The van der Waals surface area contributed by atoms with Crippen LogP contribution in [0.4, 0.5) is 0 Å². The number of nitrogens with zero attached hydrogens (tertiary/aromatic N) is 2. The fourth-order valence-corrected chi connectivity index (χ4v) is 1.80. The summed E-state index contributed by atoms with van der Waals surface area (Å²) >= 11 is 6.01. The molecule has 0 aliphatic carbocycles. The molecule has 92 valence electrons. The van der Waals surface area contributed by atoms with Crippen molar-refractivity contribution in [1.82, 2.24) is 9.78 Å². The number of nitrogens with two attached hydrogens (primary N) is 1. The summed E-state index contributed by atoms with van der Waals surface area (Å²) in [7, 11) is 1.79. The van der Waals surface area contributed by atoms with Gasteiger partial charge in [-0.15, -0.1) is 0 Å². The molecule has 5 nitrogen and oxygen atoms in total. The second kappa shape index (κ2) is 6.20. The minimum absolute atomic E-state index is 0.445. The lowest BCUT2D eigenvalue weighted by Crippen LogP contribution is -2.33. The average Bonchev–Trinajstić information content (AvgIpc) is 2.57. The van der Waals surface area contributed by atoms with Gasteiger partial charge in [-0.3, -0.25) is 4.68 Å². The van der Waals surface area contributed by atoms with Gasteiger partial charge in [0.25, 0.3) is 0 Å². The van der Waals surface area contributed by atoms with Crippen molar-refractivity contribution in [1.29, 1.82) is 0 Å². The third-order valence-corrected chi connectivity index (χ3v) is 2.50. The van der Waals surface area contributed by atoms with Gasteiger partial charge in [0, 0.05) is 20.3 Å². The van der Waals surface area contributed by atoms with Gasteiger partial charge < -0.3 is 15.2 Å². The van der Waals surface area contributed by atoms with Crippen LogP contribution < -0.4 is 5.73 Å². The fraction of sp³-hybridized carbons (Fsp3) is 0.700. The lowest BCUT2D eigenvalue weighted by Gasteiger charge is -2.23. The van der Waals surface area contributed by atoms with E-state index >= 15 is 0 Å². The Balaban J connectivity index is 2.84. The summed E-state index contributed by atoms with van der Waals surface area (Å²) < 4.78 is 12.5. The molecule has 1 atom stereocenters. The molecule has 0 amide bonds. The third kappa shape index (κ3) is 2.95. The van der Waals surface area contributed by atoms with Crippen LogP contribution in [0.5, 0.6) is 0 Å². The summed E-state index contributed by atoms with van der Waals surface area (Å²) in [4.78, 5) is 0. The van der Waals surface area contributed by atoms with Crippen LogP contribution in [-0.4, -0.2) is 29.3 Å². The quantitative estimate of drug-likeness (QED) is 0.774. The smallest absolute Gasteiger partial charge is 0.178 e. The van der Waals surface area contributed by atoms with Crippen LogP contribution in [-0.2, 0) is 16.5 Å². The van der Waals surface area contributed by atoms with E-state index in [0.717, 1.165) is 0 Å². The second-order valence-corrected chi connectivity index (χ2v) is 3.71. The molecule has 6 heteroatoms. The fourth-order valence-electron chi connectivity index (χ4n) is 1.51. The highest BCUT2D eigenvalue weighted by molar-refractivity contribution is 6.31. The average molecular weight is 248 g/mol. The van der Waals surface area contributed by atoms with Crippen LogP contribution >= 0.6 is 11.6 Å². The van der Waals surface area contributed by atoms with Crippen molar-refractivity contribution in [3.05, 3.63) is 16.9 Å². The zero-order chi connectivity index (χ0) is 12.1. The number of hydrogen-bond donors (Lipinski definition) is 1. The minimum atomic E-state index is -0.497. The van der Waals surface area contributed by atoms with E-state index < -0.39 is 12.3 Å². The molecular formula is C10H18ClN3O2. The SMILES string of the molecule is CCOC(OCC)C(N)c1c(Cl)cnn1C. The summed E-state index contributed by atoms with van der Waals surface area (Å²) in [6, 6.07) is -0.445. The highest BCUT2D eigenvalue weighted by atomic mass is 35.5. The summed E-state index contributed by atoms with van der Waals surface area (Å²) in [6.45, 7) is 4.86. The van der Waals surface area contributed by atoms with Crippen LogP contribution in [0.15, 0.2) is 6.20 Å². The van der Waals surface area contributed by atoms with E-state index in [0.29, 0.717) is 23.9 Å². The van der Waals surface area contributed by atoms with Crippen molar-refractivity contribution >= 4 is 11.6 Å². The molecule has 16 heavy (non-hydrogen) atoms. The number of ether oxygens (including phenoxy) is 2. The van der Waals surface area contributed by atoms with Crippen molar-refractivity contribution in [3.8, 4) is 0 Å². The maximum absolute atomic E-state index is 6.06. The first-order chi connectivity index (χ1) is 7.61. The molecule has 0 radical (unpaired) electrons. The van der Waals surface area contributed by atoms with Crippen LogP contribution in [0.3, 0.4) is 0 Å². The van der Waals surface area contributed by atoms with E-state index in [-0.39, 0.29) is 0 Å². The predicted molar refractivity (Wildman–Crippen MR) is 62.2 cm³/mol. The van der Waals surface area contributed by atoms with Gasteiger partial charge in [-0.25, -0.2) is 0 Å². The topological polar surface area (TPSA) is 62.3 Å².